The van der Waals surface area contributed by atoms with Crippen LogP contribution in [-0.4, -0.2) is 57.9 Å². The second-order valence-electron chi connectivity index (χ2n) is 7.81. The number of ether oxygens (including phenoxy) is 3. The number of methoxy groups -OCH3 is 1. The number of hydrogen-bond acceptors (Lipinski definition) is 10. The van der Waals surface area contributed by atoms with Crippen LogP contribution < -0.4 is 19.5 Å². The van der Waals surface area contributed by atoms with Crippen molar-refractivity contribution in [2.75, 3.05) is 33.4 Å². The van der Waals surface area contributed by atoms with Gasteiger partial charge in [0.15, 0.2) is 11.5 Å². The third-order valence-electron chi connectivity index (χ3n) is 5.41. The molecule has 11 heteroatoms. The molecule has 3 heterocycles. The molecule has 2 saturated heterocycles. The summed E-state index contributed by atoms with van der Waals surface area (Å²) < 4.78 is 49.6. The summed E-state index contributed by atoms with van der Waals surface area (Å²) >= 11 is 0. The SMILES string of the molecule is COc1cc(CC2COS(=O)(=O)OC2)ccc1Oc1ncnc(OC2CCNCC2)c1C. The van der Waals surface area contributed by atoms with Crippen LogP contribution in [-0.2, 0) is 25.2 Å². The summed E-state index contributed by atoms with van der Waals surface area (Å²) in [4.78, 5) is 8.54. The number of aromatic nitrogens is 2. The number of benzene rings is 1. The zero-order valence-corrected chi connectivity index (χ0v) is 18.9. The minimum Gasteiger partial charge on any atom is -0.493 e. The Hall–Kier alpha value is -2.47. The van der Waals surface area contributed by atoms with E-state index in [-0.39, 0.29) is 25.2 Å². The minimum absolute atomic E-state index is 0.0752. The Kier molecular flexibility index (Phi) is 7.09. The van der Waals surface area contributed by atoms with Gasteiger partial charge in [-0.1, -0.05) is 6.07 Å². The molecule has 2 aromatic rings. The van der Waals surface area contributed by atoms with E-state index in [4.69, 9.17) is 22.6 Å². The van der Waals surface area contributed by atoms with Gasteiger partial charge in [-0.25, -0.2) is 18.3 Å². The first-order valence-corrected chi connectivity index (χ1v) is 11.8. The molecule has 10 nitrogen and oxygen atoms in total. The average Bonchev–Trinajstić information content (AvgIpc) is 2.79. The molecule has 1 N–H and O–H groups in total. The van der Waals surface area contributed by atoms with Crippen LogP contribution in [0.15, 0.2) is 24.5 Å². The predicted molar refractivity (Wildman–Crippen MR) is 114 cm³/mol. The van der Waals surface area contributed by atoms with Crippen LogP contribution in [0.2, 0.25) is 0 Å². The van der Waals surface area contributed by atoms with E-state index >= 15 is 0 Å². The topological polar surface area (TPSA) is 118 Å². The van der Waals surface area contributed by atoms with E-state index < -0.39 is 10.4 Å². The molecule has 0 atom stereocenters. The molecular weight excluding hydrogens is 438 g/mol. The first-order chi connectivity index (χ1) is 15.4. The Morgan fingerprint density at radius 1 is 1.09 bits per heavy atom. The Labute approximate surface area is 187 Å². The fourth-order valence-electron chi connectivity index (χ4n) is 3.63. The number of hydrogen-bond donors (Lipinski definition) is 1. The van der Waals surface area contributed by atoms with Crippen LogP contribution in [0.4, 0.5) is 0 Å². The van der Waals surface area contributed by atoms with Crippen molar-refractivity contribution in [2.45, 2.75) is 32.3 Å². The molecule has 4 rings (SSSR count). The van der Waals surface area contributed by atoms with Gasteiger partial charge in [-0.15, -0.1) is 0 Å². The fourth-order valence-corrected chi connectivity index (χ4v) is 4.42. The van der Waals surface area contributed by atoms with Crippen molar-refractivity contribution < 1.29 is 31.0 Å². The van der Waals surface area contributed by atoms with Gasteiger partial charge in [0.05, 0.1) is 25.9 Å². The lowest BCUT2D eigenvalue weighted by atomic mass is 10.0. The molecule has 2 aliphatic rings. The second-order valence-corrected chi connectivity index (χ2v) is 9.10. The van der Waals surface area contributed by atoms with E-state index in [0.29, 0.717) is 29.7 Å². The van der Waals surface area contributed by atoms with Crippen LogP contribution in [0.5, 0.6) is 23.3 Å². The molecule has 0 unspecified atom stereocenters. The monoisotopic (exact) mass is 465 g/mol. The fraction of sp³-hybridized carbons (Fsp3) is 0.524. The standard InChI is InChI=1S/C21H27N3O7S/c1-14-20(30-17-5-7-22-8-6-17)23-13-24-21(14)31-18-4-3-15(10-19(18)27-2)9-16-11-28-32(25,26)29-12-16/h3-4,10,13,16-17,22H,5-9,11-12H2,1-2H3. The maximum absolute atomic E-state index is 11.2. The van der Waals surface area contributed by atoms with Gasteiger partial charge in [0, 0.05) is 5.92 Å². The molecule has 0 aliphatic carbocycles. The Bertz CT molecular complexity index is 1030. The molecule has 1 aromatic heterocycles. The quantitative estimate of drug-likeness (QED) is 0.652. The van der Waals surface area contributed by atoms with Gasteiger partial charge in [0.25, 0.3) is 0 Å². The van der Waals surface area contributed by atoms with E-state index in [2.05, 4.69) is 15.3 Å². The summed E-state index contributed by atoms with van der Waals surface area (Å²) in [7, 11) is -2.29. The highest BCUT2D eigenvalue weighted by Crippen LogP contribution is 2.35. The van der Waals surface area contributed by atoms with Crippen molar-refractivity contribution in [3.63, 3.8) is 0 Å². The van der Waals surface area contributed by atoms with Gasteiger partial charge in [-0.3, -0.25) is 0 Å². The number of nitrogens with one attached hydrogen (secondary N) is 1. The molecule has 174 valence electrons. The third-order valence-corrected chi connectivity index (χ3v) is 6.26. The van der Waals surface area contributed by atoms with Crippen molar-refractivity contribution in [3.8, 4) is 23.3 Å². The van der Waals surface area contributed by atoms with Gasteiger partial charge >= 0.3 is 10.4 Å². The van der Waals surface area contributed by atoms with E-state index in [1.54, 1.807) is 13.2 Å². The van der Waals surface area contributed by atoms with Gasteiger partial charge in [0.2, 0.25) is 11.8 Å². The number of piperidine rings is 1. The normalized spacial score (nSPS) is 19.4. The highest BCUT2D eigenvalue weighted by atomic mass is 32.3. The van der Waals surface area contributed by atoms with E-state index in [1.807, 2.05) is 19.1 Å². The highest BCUT2D eigenvalue weighted by Gasteiger charge is 2.26. The van der Waals surface area contributed by atoms with Crippen molar-refractivity contribution >= 4 is 10.4 Å². The predicted octanol–water partition coefficient (Wildman–Crippen LogP) is 2.17. The highest BCUT2D eigenvalue weighted by molar-refractivity contribution is 7.81. The molecule has 0 bridgehead atoms. The molecule has 1 aromatic carbocycles. The Balaban J connectivity index is 1.45. The lowest BCUT2D eigenvalue weighted by molar-refractivity contribution is 0.103. The summed E-state index contributed by atoms with van der Waals surface area (Å²) in [6.45, 7) is 3.89. The summed E-state index contributed by atoms with van der Waals surface area (Å²) in [6, 6.07) is 5.54. The lowest BCUT2D eigenvalue weighted by Gasteiger charge is -2.24. The molecule has 2 fully saturated rings. The average molecular weight is 466 g/mol. The number of rotatable bonds is 7. The van der Waals surface area contributed by atoms with Crippen LogP contribution in [0.25, 0.3) is 0 Å². The minimum atomic E-state index is -3.85. The summed E-state index contributed by atoms with van der Waals surface area (Å²) in [5.41, 5.74) is 1.66. The van der Waals surface area contributed by atoms with E-state index in [0.717, 1.165) is 37.1 Å². The van der Waals surface area contributed by atoms with Crippen molar-refractivity contribution in [3.05, 3.63) is 35.7 Å². The third kappa shape index (κ3) is 5.66. The summed E-state index contributed by atoms with van der Waals surface area (Å²) in [5.74, 6) is 1.88. The summed E-state index contributed by atoms with van der Waals surface area (Å²) in [6.07, 6.45) is 3.98. The van der Waals surface area contributed by atoms with Gasteiger partial charge in [0.1, 0.15) is 12.4 Å². The van der Waals surface area contributed by atoms with Crippen LogP contribution in [0.1, 0.15) is 24.0 Å². The first kappa shape index (κ1) is 22.7. The van der Waals surface area contributed by atoms with Crippen molar-refractivity contribution in [1.82, 2.24) is 15.3 Å². The lowest BCUT2D eigenvalue weighted by Crippen LogP contribution is -2.34. The van der Waals surface area contributed by atoms with Crippen LogP contribution >= 0.6 is 0 Å². The zero-order chi connectivity index (χ0) is 22.6. The van der Waals surface area contributed by atoms with Gasteiger partial charge in [-0.2, -0.15) is 8.42 Å². The Morgan fingerprint density at radius 2 is 1.81 bits per heavy atom. The molecule has 0 amide bonds. The van der Waals surface area contributed by atoms with Gasteiger partial charge < -0.3 is 19.5 Å². The summed E-state index contributed by atoms with van der Waals surface area (Å²) in [5, 5.41) is 3.31. The van der Waals surface area contributed by atoms with Crippen LogP contribution in [0.3, 0.4) is 0 Å². The molecule has 0 spiro atoms. The Morgan fingerprint density at radius 3 is 2.53 bits per heavy atom. The van der Waals surface area contributed by atoms with Crippen LogP contribution in [0, 0.1) is 12.8 Å². The molecule has 0 saturated carbocycles. The largest absolute Gasteiger partial charge is 0.493 e. The molecule has 0 radical (unpaired) electrons. The molecular formula is C21H27N3O7S. The molecule has 2 aliphatic heterocycles. The maximum Gasteiger partial charge on any atom is 0.399 e. The smallest absolute Gasteiger partial charge is 0.399 e. The number of nitrogens with zero attached hydrogens (tertiary/aromatic N) is 2. The van der Waals surface area contributed by atoms with Gasteiger partial charge in [-0.05, 0) is 57.0 Å². The molecule has 32 heavy (non-hydrogen) atoms. The zero-order valence-electron chi connectivity index (χ0n) is 18.1. The van der Waals surface area contributed by atoms with E-state index in [9.17, 15) is 8.42 Å². The maximum atomic E-state index is 11.2. The van der Waals surface area contributed by atoms with Crippen molar-refractivity contribution in [2.24, 2.45) is 5.92 Å². The van der Waals surface area contributed by atoms with E-state index in [1.165, 1.54) is 6.33 Å². The first-order valence-electron chi connectivity index (χ1n) is 10.5. The van der Waals surface area contributed by atoms with Crippen molar-refractivity contribution in [1.29, 1.82) is 0 Å². The second kappa shape index (κ2) is 9.99.